The van der Waals surface area contributed by atoms with Gasteiger partial charge < -0.3 is 5.32 Å². The molecule has 1 aliphatic heterocycles. The molecule has 0 spiro atoms. The maximum Gasteiger partial charge on any atom is 0.269 e. The Morgan fingerprint density at radius 1 is 1.07 bits per heavy atom. The summed E-state index contributed by atoms with van der Waals surface area (Å²) in [5, 5.41) is 2.86. The minimum Gasteiger partial charge on any atom is -0.356 e. The number of nitrogens with zero attached hydrogens (tertiary/aromatic N) is 1. The van der Waals surface area contributed by atoms with Crippen LogP contribution in [0.5, 0.6) is 0 Å². The summed E-state index contributed by atoms with van der Waals surface area (Å²) in [6, 6.07) is 16.1. The van der Waals surface area contributed by atoms with Gasteiger partial charge in [0, 0.05) is 19.5 Å². The molecule has 2 amide bonds. The van der Waals surface area contributed by atoms with Gasteiger partial charge in [0.15, 0.2) is 0 Å². The summed E-state index contributed by atoms with van der Waals surface area (Å²) in [6.45, 7) is 2.54. The standard InChI is InChI=1S/C20H22N2O4S/c1-15(16-8-3-2-4-9-16)14-21-19(23)12-7-13-22-20(24)17-10-5-6-11-18(17)27(22,25)26/h2-6,8-11,15H,7,12-14H2,1H3,(H,21,23). The average molecular weight is 386 g/mol. The van der Waals surface area contributed by atoms with Gasteiger partial charge in [0.25, 0.3) is 15.9 Å². The van der Waals surface area contributed by atoms with E-state index in [2.05, 4.69) is 5.32 Å². The van der Waals surface area contributed by atoms with Gasteiger partial charge in [-0.2, -0.15) is 0 Å². The molecule has 0 aliphatic carbocycles. The lowest BCUT2D eigenvalue weighted by molar-refractivity contribution is -0.121. The van der Waals surface area contributed by atoms with E-state index in [9.17, 15) is 18.0 Å². The molecule has 7 heteroatoms. The fraction of sp³-hybridized carbons (Fsp3) is 0.300. The summed E-state index contributed by atoms with van der Waals surface area (Å²) in [5.74, 6) is -0.492. The Morgan fingerprint density at radius 3 is 2.44 bits per heavy atom. The van der Waals surface area contributed by atoms with Crippen LogP contribution in [0.15, 0.2) is 59.5 Å². The van der Waals surface area contributed by atoms with E-state index in [-0.39, 0.29) is 41.7 Å². The molecule has 2 aromatic rings. The summed E-state index contributed by atoms with van der Waals surface area (Å²) in [4.78, 5) is 24.4. The second-order valence-electron chi connectivity index (χ2n) is 6.60. The fourth-order valence-corrected chi connectivity index (χ4v) is 4.70. The van der Waals surface area contributed by atoms with Crippen LogP contribution in [0, 0.1) is 0 Å². The second kappa shape index (κ2) is 7.92. The van der Waals surface area contributed by atoms with E-state index in [0.29, 0.717) is 6.54 Å². The van der Waals surface area contributed by atoms with Crippen molar-refractivity contribution in [3.8, 4) is 0 Å². The third-order valence-corrected chi connectivity index (χ3v) is 6.49. The molecule has 6 nitrogen and oxygen atoms in total. The lowest BCUT2D eigenvalue weighted by Gasteiger charge is -2.15. The Kier molecular flexibility index (Phi) is 5.60. The molecule has 0 saturated heterocycles. The van der Waals surface area contributed by atoms with Crippen LogP contribution in [0.4, 0.5) is 0 Å². The lowest BCUT2D eigenvalue weighted by atomic mass is 10.0. The van der Waals surface area contributed by atoms with Gasteiger partial charge in [0.2, 0.25) is 5.91 Å². The molecule has 1 aliphatic rings. The number of rotatable bonds is 7. The predicted molar refractivity (Wildman–Crippen MR) is 102 cm³/mol. The topological polar surface area (TPSA) is 83.6 Å². The van der Waals surface area contributed by atoms with Gasteiger partial charge >= 0.3 is 0 Å². The molecule has 1 heterocycles. The number of hydrogen-bond donors (Lipinski definition) is 1. The highest BCUT2D eigenvalue weighted by Crippen LogP contribution is 2.29. The number of carbonyl (C=O) groups excluding carboxylic acids is 2. The van der Waals surface area contributed by atoms with Crippen molar-refractivity contribution in [1.82, 2.24) is 9.62 Å². The smallest absolute Gasteiger partial charge is 0.269 e. The average Bonchev–Trinajstić information content (AvgIpc) is 2.87. The zero-order valence-electron chi connectivity index (χ0n) is 15.1. The van der Waals surface area contributed by atoms with Crippen molar-refractivity contribution in [2.45, 2.75) is 30.6 Å². The number of sulfonamides is 1. The minimum absolute atomic E-state index is 0.00247. The Morgan fingerprint density at radius 2 is 1.74 bits per heavy atom. The van der Waals surface area contributed by atoms with E-state index in [0.717, 1.165) is 9.87 Å². The molecule has 1 unspecified atom stereocenters. The quantitative estimate of drug-likeness (QED) is 0.793. The summed E-state index contributed by atoms with van der Waals surface area (Å²) in [6.07, 6.45) is 0.446. The number of hydrogen-bond acceptors (Lipinski definition) is 4. The van der Waals surface area contributed by atoms with Crippen molar-refractivity contribution in [2.75, 3.05) is 13.1 Å². The lowest BCUT2D eigenvalue weighted by Crippen LogP contribution is -2.32. The summed E-state index contributed by atoms with van der Waals surface area (Å²) in [7, 11) is -3.80. The van der Waals surface area contributed by atoms with E-state index in [1.807, 2.05) is 37.3 Å². The second-order valence-corrected chi connectivity index (χ2v) is 8.43. The SMILES string of the molecule is CC(CNC(=O)CCCN1C(=O)c2ccccc2S1(=O)=O)c1ccccc1. The van der Waals surface area contributed by atoms with Crippen LogP contribution in [0.1, 0.15) is 41.6 Å². The molecule has 2 aromatic carbocycles. The molecule has 1 N–H and O–H groups in total. The Labute approximate surface area is 159 Å². The van der Waals surface area contributed by atoms with E-state index >= 15 is 0 Å². The van der Waals surface area contributed by atoms with Crippen molar-refractivity contribution >= 4 is 21.8 Å². The van der Waals surface area contributed by atoms with Gasteiger partial charge in [-0.25, -0.2) is 12.7 Å². The predicted octanol–water partition coefficient (Wildman–Crippen LogP) is 2.53. The number of amides is 2. The highest BCUT2D eigenvalue weighted by atomic mass is 32.2. The third kappa shape index (κ3) is 4.03. The maximum absolute atomic E-state index is 12.4. The van der Waals surface area contributed by atoms with Gasteiger partial charge in [-0.3, -0.25) is 9.59 Å². The van der Waals surface area contributed by atoms with Crippen LogP contribution in [-0.4, -0.2) is 37.6 Å². The monoisotopic (exact) mass is 386 g/mol. The first-order chi connectivity index (χ1) is 12.9. The number of benzene rings is 2. The first-order valence-corrected chi connectivity index (χ1v) is 10.3. The molecule has 0 bridgehead atoms. The first-order valence-electron chi connectivity index (χ1n) is 8.89. The van der Waals surface area contributed by atoms with Crippen LogP contribution >= 0.6 is 0 Å². The molecule has 0 radical (unpaired) electrons. The zero-order valence-corrected chi connectivity index (χ0v) is 15.9. The van der Waals surface area contributed by atoms with E-state index in [4.69, 9.17) is 0 Å². The molecule has 0 fully saturated rings. The zero-order chi connectivity index (χ0) is 19.4. The van der Waals surface area contributed by atoms with Gasteiger partial charge in [-0.05, 0) is 30.0 Å². The van der Waals surface area contributed by atoms with Crippen molar-refractivity contribution in [3.63, 3.8) is 0 Å². The van der Waals surface area contributed by atoms with E-state index in [1.165, 1.54) is 12.1 Å². The Balaban J connectivity index is 1.49. The fourth-order valence-electron chi connectivity index (χ4n) is 3.09. The molecule has 0 aromatic heterocycles. The van der Waals surface area contributed by atoms with Crippen LogP contribution in [0.2, 0.25) is 0 Å². The minimum atomic E-state index is -3.80. The van der Waals surface area contributed by atoms with Crippen LogP contribution in [0.3, 0.4) is 0 Å². The summed E-state index contributed by atoms with van der Waals surface area (Å²) < 4.78 is 25.8. The first kappa shape index (κ1) is 19.1. The van der Waals surface area contributed by atoms with Crippen molar-refractivity contribution in [2.24, 2.45) is 0 Å². The van der Waals surface area contributed by atoms with Gasteiger partial charge in [0.05, 0.1) is 5.56 Å². The van der Waals surface area contributed by atoms with Crippen molar-refractivity contribution in [3.05, 3.63) is 65.7 Å². The molecular weight excluding hydrogens is 364 g/mol. The highest BCUT2D eigenvalue weighted by Gasteiger charge is 2.40. The molecule has 0 saturated carbocycles. The van der Waals surface area contributed by atoms with Crippen molar-refractivity contribution < 1.29 is 18.0 Å². The van der Waals surface area contributed by atoms with Crippen LogP contribution < -0.4 is 5.32 Å². The Hall–Kier alpha value is -2.67. The number of fused-ring (bicyclic) bond motifs is 1. The molecule has 3 rings (SSSR count). The maximum atomic E-state index is 12.4. The third-order valence-electron chi connectivity index (χ3n) is 4.65. The van der Waals surface area contributed by atoms with Gasteiger partial charge in [0.1, 0.15) is 4.90 Å². The van der Waals surface area contributed by atoms with Crippen LogP contribution in [0.25, 0.3) is 0 Å². The highest BCUT2D eigenvalue weighted by molar-refractivity contribution is 7.90. The summed E-state index contributed by atoms with van der Waals surface area (Å²) >= 11 is 0. The number of nitrogens with one attached hydrogen (secondary N) is 1. The Bertz CT molecular complexity index is 941. The van der Waals surface area contributed by atoms with Crippen molar-refractivity contribution in [1.29, 1.82) is 0 Å². The molecular formula is C20H22N2O4S. The van der Waals surface area contributed by atoms with Gasteiger partial charge in [-0.1, -0.05) is 49.4 Å². The van der Waals surface area contributed by atoms with Crippen LogP contribution in [-0.2, 0) is 14.8 Å². The van der Waals surface area contributed by atoms with E-state index < -0.39 is 15.9 Å². The molecule has 142 valence electrons. The number of carbonyl (C=O) groups is 2. The molecule has 1 atom stereocenters. The largest absolute Gasteiger partial charge is 0.356 e. The molecule has 27 heavy (non-hydrogen) atoms. The van der Waals surface area contributed by atoms with Gasteiger partial charge in [-0.15, -0.1) is 0 Å². The summed E-state index contributed by atoms with van der Waals surface area (Å²) in [5.41, 5.74) is 1.34. The van der Waals surface area contributed by atoms with E-state index in [1.54, 1.807) is 12.1 Å². The normalized spacial score (nSPS) is 16.0.